The van der Waals surface area contributed by atoms with E-state index in [2.05, 4.69) is 10.3 Å². The van der Waals surface area contributed by atoms with Crippen LogP contribution in [0.2, 0.25) is 0 Å². The molecule has 0 amide bonds. The first-order chi connectivity index (χ1) is 8.50. The van der Waals surface area contributed by atoms with Crippen LogP contribution in [0, 0.1) is 17.5 Å². The van der Waals surface area contributed by atoms with Crippen molar-refractivity contribution in [2.45, 2.75) is 19.9 Å². The van der Waals surface area contributed by atoms with Crippen molar-refractivity contribution in [3.63, 3.8) is 0 Å². The van der Waals surface area contributed by atoms with Gasteiger partial charge in [0.05, 0.1) is 5.69 Å². The fourth-order valence-electron chi connectivity index (χ4n) is 1.56. The van der Waals surface area contributed by atoms with Gasteiger partial charge in [0.2, 0.25) is 5.95 Å². The van der Waals surface area contributed by atoms with Gasteiger partial charge < -0.3 is 5.32 Å². The number of nitrogens with zero attached hydrogens (tertiary/aromatic N) is 2. The van der Waals surface area contributed by atoms with E-state index in [0.29, 0.717) is 5.95 Å². The molecular weight excluding hydrogens is 243 g/mol. The third-order valence-corrected chi connectivity index (χ3v) is 2.33. The molecule has 18 heavy (non-hydrogen) atoms. The summed E-state index contributed by atoms with van der Waals surface area (Å²) in [5, 5.41) is 2.98. The largest absolute Gasteiger partial charge is 0.353 e. The van der Waals surface area contributed by atoms with Crippen molar-refractivity contribution >= 4 is 5.95 Å². The zero-order valence-corrected chi connectivity index (χ0v) is 9.92. The highest BCUT2D eigenvalue weighted by atomic mass is 19.2. The minimum Gasteiger partial charge on any atom is -0.353 e. The Bertz CT molecular complexity index is 564. The van der Waals surface area contributed by atoms with Crippen molar-refractivity contribution in [1.29, 1.82) is 0 Å². The first-order valence-electron chi connectivity index (χ1n) is 5.44. The maximum absolute atomic E-state index is 13.7. The Kier molecular flexibility index (Phi) is 3.27. The predicted octanol–water partition coefficient (Wildman–Crippen LogP) is 3.11. The molecule has 0 atom stereocenters. The fraction of sp³-hybridized carbons (Fsp3) is 0.250. The lowest BCUT2D eigenvalue weighted by Crippen LogP contribution is -2.14. The number of aromatic nitrogens is 2. The molecule has 0 spiro atoms. The van der Waals surface area contributed by atoms with Crippen LogP contribution >= 0.6 is 0 Å². The molecule has 6 heteroatoms. The molecule has 3 nitrogen and oxygen atoms in total. The number of hydrogen-bond donors (Lipinski definition) is 1. The van der Waals surface area contributed by atoms with Gasteiger partial charge in [-0.3, -0.25) is 4.57 Å². The molecule has 0 aliphatic carbocycles. The van der Waals surface area contributed by atoms with Crippen LogP contribution in [0.5, 0.6) is 0 Å². The topological polar surface area (TPSA) is 29.9 Å². The highest BCUT2D eigenvalue weighted by molar-refractivity contribution is 5.43. The quantitative estimate of drug-likeness (QED) is 0.854. The molecule has 1 aromatic heterocycles. The number of anilines is 1. The Morgan fingerprint density at radius 3 is 2.56 bits per heavy atom. The summed E-state index contributed by atoms with van der Waals surface area (Å²) in [6, 6.07) is 2.13. The predicted molar refractivity (Wildman–Crippen MR) is 62.2 cm³/mol. The van der Waals surface area contributed by atoms with Gasteiger partial charge >= 0.3 is 0 Å². The average molecular weight is 255 g/mol. The van der Waals surface area contributed by atoms with Gasteiger partial charge in [-0.1, -0.05) is 0 Å². The SMILES string of the molecule is CC(C)Nc1nccn1-c1ccc(F)c(F)c1F. The Labute approximate surface area is 102 Å². The molecule has 0 aliphatic heterocycles. The van der Waals surface area contributed by atoms with Gasteiger partial charge in [-0.15, -0.1) is 0 Å². The van der Waals surface area contributed by atoms with E-state index in [4.69, 9.17) is 0 Å². The second-order valence-corrected chi connectivity index (χ2v) is 4.11. The Morgan fingerprint density at radius 2 is 1.89 bits per heavy atom. The van der Waals surface area contributed by atoms with Crippen LogP contribution in [-0.2, 0) is 0 Å². The normalized spacial score (nSPS) is 11.0. The second-order valence-electron chi connectivity index (χ2n) is 4.11. The lowest BCUT2D eigenvalue weighted by Gasteiger charge is -2.13. The van der Waals surface area contributed by atoms with E-state index in [1.165, 1.54) is 23.0 Å². The third kappa shape index (κ3) is 2.18. The van der Waals surface area contributed by atoms with E-state index in [-0.39, 0.29) is 11.7 Å². The van der Waals surface area contributed by atoms with E-state index in [1.54, 1.807) is 0 Å². The van der Waals surface area contributed by atoms with Gasteiger partial charge in [-0.2, -0.15) is 0 Å². The van der Waals surface area contributed by atoms with Crippen molar-refractivity contribution in [3.05, 3.63) is 42.0 Å². The maximum Gasteiger partial charge on any atom is 0.207 e. The first kappa shape index (κ1) is 12.5. The molecule has 1 aromatic carbocycles. The number of hydrogen-bond acceptors (Lipinski definition) is 2. The summed E-state index contributed by atoms with van der Waals surface area (Å²) in [5.41, 5.74) is -0.0884. The molecule has 2 aromatic rings. The molecule has 0 fully saturated rings. The van der Waals surface area contributed by atoms with Crippen LogP contribution in [0.3, 0.4) is 0 Å². The van der Waals surface area contributed by atoms with Crippen LogP contribution in [0.4, 0.5) is 19.1 Å². The van der Waals surface area contributed by atoms with Gasteiger partial charge in [0.1, 0.15) is 0 Å². The van der Waals surface area contributed by atoms with E-state index in [1.807, 2.05) is 13.8 Å². The summed E-state index contributed by atoms with van der Waals surface area (Å²) >= 11 is 0. The number of rotatable bonds is 3. The third-order valence-electron chi connectivity index (χ3n) is 2.33. The van der Waals surface area contributed by atoms with Crippen LogP contribution < -0.4 is 5.32 Å². The molecule has 96 valence electrons. The number of imidazole rings is 1. The molecule has 0 saturated carbocycles. The second kappa shape index (κ2) is 4.72. The van der Waals surface area contributed by atoms with Gasteiger partial charge in [0.25, 0.3) is 0 Å². The monoisotopic (exact) mass is 255 g/mol. The minimum absolute atomic E-state index is 0.0829. The smallest absolute Gasteiger partial charge is 0.207 e. The summed E-state index contributed by atoms with van der Waals surface area (Å²) in [6.07, 6.45) is 2.92. The summed E-state index contributed by atoms with van der Waals surface area (Å²) in [7, 11) is 0. The highest BCUT2D eigenvalue weighted by Gasteiger charge is 2.16. The van der Waals surface area contributed by atoms with Crippen LogP contribution in [0.25, 0.3) is 5.69 Å². The van der Waals surface area contributed by atoms with Gasteiger partial charge in [0.15, 0.2) is 17.5 Å². The molecule has 0 unspecified atom stereocenters. The molecule has 1 N–H and O–H groups in total. The Hall–Kier alpha value is -1.98. The molecular formula is C12H12F3N3. The van der Waals surface area contributed by atoms with Crippen molar-refractivity contribution in [1.82, 2.24) is 9.55 Å². The summed E-state index contributed by atoms with van der Waals surface area (Å²) in [4.78, 5) is 3.99. The van der Waals surface area contributed by atoms with Gasteiger partial charge in [-0.05, 0) is 26.0 Å². The average Bonchev–Trinajstić information content (AvgIpc) is 2.73. The van der Waals surface area contributed by atoms with Crippen LogP contribution in [-0.4, -0.2) is 15.6 Å². The molecule has 0 radical (unpaired) electrons. The summed E-state index contributed by atoms with van der Waals surface area (Å²) in [5.74, 6) is -3.57. The summed E-state index contributed by atoms with van der Waals surface area (Å²) < 4.78 is 41.0. The van der Waals surface area contributed by atoms with Gasteiger partial charge in [-0.25, -0.2) is 18.2 Å². The van der Waals surface area contributed by atoms with Crippen molar-refractivity contribution in [2.75, 3.05) is 5.32 Å². The van der Waals surface area contributed by atoms with E-state index >= 15 is 0 Å². The molecule has 0 bridgehead atoms. The van der Waals surface area contributed by atoms with Crippen molar-refractivity contribution in [2.24, 2.45) is 0 Å². The maximum atomic E-state index is 13.7. The van der Waals surface area contributed by atoms with Crippen molar-refractivity contribution < 1.29 is 13.2 Å². The van der Waals surface area contributed by atoms with E-state index in [0.717, 1.165) is 6.07 Å². The minimum atomic E-state index is -1.49. The Balaban J connectivity index is 2.49. The van der Waals surface area contributed by atoms with Crippen LogP contribution in [0.1, 0.15) is 13.8 Å². The van der Waals surface area contributed by atoms with Crippen LogP contribution in [0.15, 0.2) is 24.5 Å². The Morgan fingerprint density at radius 1 is 1.17 bits per heavy atom. The number of benzene rings is 1. The first-order valence-corrected chi connectivity index (χ1v) is 5.44. The zero-order chi connectivity index (χ0) is 13.3. The number of halogens is 3. The molecule has 0 aliphatic rings. The van der Waals surface area contributed by atoms with Crippen molar-refractivity contribution in [3.8, 4) is 5.69 Å². The highest BCUT2D eigenvalue weighted by Crippen LogP contribution is 2.22. The van der Waals surface area contributed by atoms with E-state index < -0.39 is 17.5 Å². The van der Waals surface area contributed by atoms with Gasteiger partial charge in [0, 0.05) is 18.4 Å². The summed E-state index contributed by atoms with van der Waals surface area (Å²) in [6.45, 7) is 3.78. The lowest BCUT2D eigenvalue weighted by molar-refractivity contribution is 0.445. The molecule has 0 saturated heterocycles. The van der Waals surface area contributed by atoms with E-state index in [9.17, 15) is 13.2 Å². The zero-order valence-electron chi connectivity index (χ0n) is 9.92. The molecule has 1 heterocycles. The standard InChI is InChI=1S/C12H12F3N3/c1-7(2)17-12-16-5-6-18(12)9-4-3-8(13)10(14)11(9)15/h3-7H,1-2H3,(H,16,17). The molecule has 2 rings (SSSR count). The fourth-order valence-corrected chi connectivity index (χ4v) is 1.56. The lowest BCUT2D eigenvalue weighted by atomic mass is 10.2. The number of nitrogens with one attached hydrogen (secondary N) is 1.